The number of rotatable bonds is 4. The highest BCUT2D eigenvalue weighted by Crippen LogP contribution is 2.58. The van der Waals surface area contributed by atoms with Gasteiger partial charge in [-0.05, 0) is 54.0 Å². The standard InChI is InChI=1S/C20H23FN2O/c1-3-5-7-20-8-6-17(24)12(4-2)18(20)13-9-16(21)19-15(11-22-23-19)14(13)10-20/h9,11H,3-8,10H2,1-2H3,(H,22,23). The van der Waals surface area contributed by atoms with Crippen LogP contribution in [0.4, 0.5) is 4.39 Å². The summed E-state index contributed by atoms with van der Waals surface area (Å²) in [6.07, 6.45) is 8.23. The number of aromatic amines is 1. The number of Topliss-reactive ketones (excluding diaryl/α,β-unsaturated/α-hetero) is 1. The minimum Gasteiger partial charge on any atom is -0.295 e. The molecule has 0 bridgehead atoms. The summed E-state index contributed by atoms with van der Waals surface area (Å²) in [7, 11) is 0. The maximum absolute atomic E-state index is 14.6. The zero-order chi connectivity index (χ0) is 16.9. The normalized spacial score (nSPS) is 23.0. The zero-order valence-electron chi connectivity index (χ0n) is 14.3. The monoisotopic (exact) mass is 326 g/mol. The molecule has 1 heterocycles. The van der Waals surface area contributed by atoms with E-state index in [2.05, 4.69) is 17.1 Å². The topological polar surface area (TPSA) is 45.8 Å². The molecule has 1 N–H and O–H groups in total. The van der Waals surface area contributed by atoms with Crippen LogP contribution in [-0.2, 0) is 11.2 Å². The zero-order valence-corrected chi connectivity index (χ0v) is 14.3. The van der Waals surface area contributed by atoms with E-state index in [1.807, 2.05) is 6.92 Å². The Morgan fingerprint density at radius 1 is 1.38 bits per heavy atom. The molecule has 2 aromatic rings. The van der Waals surface area contributed by atoms with Crippen LogP contribution in [0.2, 0.25) is 0 Å². The first kappa shape index (κ1) is 15.6. The molecule has 1 aromatic carbocycles. The van der Waals surface area contributed by atoms with Crippen molar-refractivity contribution in [1.82, 2.24) is 10.2 Å². The molecular weight excluding hydrogens is 303 g/mol. The van der Waals surface area contributed by atoms with Gasteiger partial charge < -0.3 is 0 Å². The van der Waals surface area contributed by atoms with Crippen LogP contribution in [-0.4, -0.2) is 16.0 Å². The third-order valence-corrected chi connectivity index (χ3v) is 5.95. The van der Waals surface area contributed by atoms with Crippen molar-refractivity contribution in [3.63, 3.8) is 0 Å². The summed E-state index contributed by atoms with van der Waals surface area (Å²) in [5, 5.41) is 7.71. The molecule has 0 saturated carbocycles. The van der Waals surface area contributed by atoms with Crippen molar-refractivity contribution in [2.75, 3.05) is 0 Å². The lowest BCUT2D eigenvalue weighted by Crippen LogP contribution is -2.28. The van der Waals surface area contributed by atoms with Crippen LogP contribution in [0.3, 0.4) is 0 Å². The molecule has 0 amide bonds. The van der Waals surface area contributed by atoms with Gasteiger partial charge in [0.15, 0.2) is 5.78 Å². The van der Waals surface area contributed by atoms with Gasteiger partial charge in [-0.25, -0.2) is 4.39 Å². The molecular formula is C20H23FN2O. The number of unbranched alkanes of at least 4 members (excludes halogenated alkanes) is 1. The van der Waals surface area contributed by atoms with E-state index in [0.29, 0.717) is 11.9 Å². The number of benzene rings is 1. The number of nitrogens with zero attached hydrogens (tertiary/aromatic N) is 1. The molecule has 2 aliphatic rings. The van der Waals surface area contributed by atoms with E-state index in [4.69, 9.17) is 0 Å². The molecule has 1 unspecified atom stereocenters. The summed E-state index contributed by atoms with van der Waals surface area (Å²) in [4.78, 5) is 12.5. The fourth-order valence-corrected chi connectivity index (χ4v) is 4.82. The fourth-order valence-electron chi connectivity index (χ4n) is 4.82. The number of ketones is 1. The lowest BCUT2D eigenvalue weighted by atomic mass is 9.67. The second-order valence-corrected chi connectivity index (χ2v) is 7.23. The number of hydrogen-bond donors (Lipinski definition) is 1. The maximum Gasteiger partial charge on any atom is 0.159 e. The van der Waals surface area contributed by atoms with Crippen molar-refractivity contribution in [1.29, 1.82) is 0 Å². The average Bonchev–Trinajstić information content (AvgIpc) is 3.17. The molecule has 0 aliphatic heterocycles. The predicted molar refractivity (Wildman–Crippen MR) is 93.2 cm³/mol. The minimum atomic E-state index is -0.270. The van der Waals surface area contributed by atoms with E-state index >= 15 is 0 Å². The van der Waals surface area contributed by atoms with E-state index in [1.54, 1.807) is 12.3 Å². The summed E-state index contributed by atoms with van der Waals surface area (Å²) in [5.74, 6) is -0.0197. The third-order valence-electron chi connectivity index (χ3n) is 5.95. The van der Waals surface area contributed by atoms with Crippen molar-refractivity contribution >= 4 is 22.3 Å². The Labute approximate surface area is 141 Å². The first-order valence-corrected chi connectivity index (χ1v) is 9.03. The highest BCUT2D eigenvalue weighted by atomic mass is 19.1. The Bertz CT molecular complexity index is 864. The Morgan fingerprint density at radius 3 is 2.96 bits per heavy atom. The molecule has 4 rings (SSSR count). The SMILES string of the molecule is CCCCC12CCC(=O)C(CC)=C1c1cc(F)c3[nH]ncc3c1C2. The lowest BCUT2D eigenvalue weighted by molar-refractivity contribution is -0.116. The Kier molecular flexibility index (Phi) is 3.59. The summed E-state index contributed by atoms with van der Waals surface area (Å²) in [5.41, 5.74) is 4.71. The second-order valence-electron chi connectivity index (χ2n) is 7.23. The first-order valence-electron chi connectivity index (χ1n) is 9.03. The summed E-state index contributed by atoms with van der Waals surface area (Å²) in [6.45, 7) is 4.24. The lowest BCUT2D eigenvalue weighted by Gasteiger charge is -2.36. The van der Waals surface area contributed by atoms with Gasteiger partial charge in [0.2, 0.25) is 0 Å². The van der Waals surface area contributed by atoms with Gasteiger partial charge in [0.1, 0.15) is 11.3 Å². The molecule has 0 radical (unpaired) electrons. The molecule has 1 aromatic heterocycles. The minimum absolute atomic E-state index is 0.00951. The van der Waals surface area contributed by atoms with Gasteiger partial charge in [0.05, 0.1) is 6.20 Å². The van der Waals surface area contributed by atoms with Gasteiger partial charge in [-0.1, -0.05) is 26.7 Å². The van der Waals surface area contributed by atoms with Gasteiger partial charge in [-0.2, -0.15) is 5.10 Å². The largest absolute Gasteiger partial charge is 0.295 e. The average molecular weight is 326 g/mol. The van der Waals surface area contributed by atoms with Crippen LogP contribution in [0.1, 0.15) is 63.5 Å². The van der Waals surface area contributed by atoms with Crippen molar-refractivity contribution in [3.05, 3.63) is 34.8 Å². The van der Waals surface area contributed by atoms with E-state index in [9.17, 15) is 9.18 Å². The molecule has 0 fully saturated rings. The molecule has 0 saturated heterocycles. The summed E-state index contributed by atoms with van der Waals surface area (Å²) < 4.78 is 14.6. The van der Waals surface area contributed by atoms with E-state index in [-0.39, 0.29) is 17.0 Å². The number of aromatic nitrogens is 2. The van der Waals surface area contributed by atoms with Crippen molar-refractivity contribution < 1.29 is 9.18 Å². The van der Waals surface area contributed by atoms with Gasteiger partial charge in [-0.15, -0.1) is 0 Å². The number of fused-ring (bicyclic) bond motifs is 5. The van der Waals surface area contributed by atoms with E-state index in [1.165, 1.54) is 5.56 Å². The molecule has 24 heavy (non-hydrogen) atoms. The Balaban J connectivity index is 2.01. The third kappa shape index (κ3) is 2.01. The van der Waals surface area contributed by atoms with Crippen LogP contribution < -0.4 is 0 Å². The smallest absolute Gasteiger partial charge is 0.159 e. The van der Waals surface area contributed by atoms with Crippen LogP contribution in [0.15, 0.2) is 17.8 Å². The van der Waals surface area contributed by atoms with Crippen molar-refractivity contribution in [2.24, 2.45) is 5.41 Å². The van der Waals surface area contributed by atoms with E-state index in [0.717, 1.165) is 60.6 Å². The van der Waals surface area contributed by atoms with Gasteiger partial charge >= 0.3 is 0 Å². The molecule has 4 heteroatoms. The molecule has 0 spiro atoms. The van der Waals surface area contributed by atoms with Crippen LogP contribution in [0.5, 0.6) is 0 Å². The quantitative estimate of drug-likeness (QED) is 0.863. The van der Waals surface area contributed by atoms with Gasteiger partial charge in [0.25, 0.3) is 0 Å². The number of carbonyl (C=O) groups excluding carboxylic acids is 1. The number of halogens is 1. The van der Waals surface area contributed by atoms with Crippen molar-refractivity contribution in [3.8, 4) is 0 Å². The number of H-pyrrole nitrogens is 1. The molecule has 126 valence electrons. The molecule has 3 nitrogen and oxygen atoms in total. The van der Waals surface area contributed by atoms with Crippen LogP contribution in [0, 0.1) is 11.2 Å². The highest BCUT2D eigenvalue weighted by Gasteiger charge is 2.47. The molecule has 1 atom stereocenters. The fraction of sp³-hybridized carbons (Fsp3) is 0.500. The summed E-state index contributed by atoms with van der Waals surface area (Å²) in [6, 6.07) is 1.63. The van der Waals surface area contributed by atoms with Crippen LogP contribution in [0.25, 0.3) is 16.5 Å². The number of carbonyl (C=O) groups is 1. The van der Waals surface area contributed by atoms with E-state index < -0.39 is 0 Å². The predicted octanol–water partition coefficient (Wildman–Crippen LogP) is 4.96. The van der Waals surface area contributed by atoms with Crippen molar-refractivity contribution in [2.45, 2.75) is 58.8 Å². The van der Waals surface area contributed by atoms with Gasteiger partial charge in [-0.3, -0.25) is 9.89 Å². The Hall–Kier alpha value is -1.97. The summed E-state index contributed by atoms with van der Waals surface area (Å²) >= 11 is 0. The number of nitrogens with one attached hydrogen (secondary N) is 1. The molecule has 2 aliphatic carbocycles. The Morgan fingerprint density at radius 2 is 2.21 bits per heavy atom. The van der Waals surface area contributed by atoms with Crippen LogP contribution >= 0.6 is 0 Å². The van der Waals surface area contributed by atoms with Gasteiger partial charge in [0, 0.05) is 17.2 Å². The maximum atomic E-state index is 14.6. The number of allylic oxidation sites excluding steroid dienone is 2. The number of hydrogen-bond acceptors (Lipinski definition) is 2. The highest BCUT2D eigenvalue weighted by molar-refractivity contribution is 6.08. The second kappa shape index (κ2) is 5.54. The first-order chi connectivity index (χ1) is 11.6.